The quantitative estimate of drug-likeness (QED) is 0.719. The van der Waals surface area contributed by atoms with Crippen molar-refractivity contribution >= 4 is 16.8 Å². The molecule has 0 aliphatic rings. The Hall–Kier alpha value is -1.76. The van der Waals surface area contributed by atoms with Crippen LogP contribution in [0.4, 0.5) is 0 Å². The number of phenols is 1. The topological polar surface area (TPSA) is 20.2 Å². The average Bonchev–Trinajstić information content (AvgIpc) is 2.20. The maximum absolute atomic E-state index is 9.68. The molecule has 0 aromatic heterocycles. The van der Waals surface area contributed by atoms with E-state index in [-0.39, 0.29) is 0 Å². The zero-order valence-corrected chi connectivity index (χ0v) is 8.12. The Kier molecular flexibility index (Phi) is 2.01. The van der Waals surface area contributed by atoms with Gasteiger partial charge in [0.1, 0.15) is 5.75 Å². The molecule has 0 atom stereocenters. The second-order valence-corrected chi connectivity index (χ2v) is 3.36. The van der Waals surface area contributed by atoms with Gasteiger partial charge in [0.25, 0.3) is 0 Å². The Morgan fingerprint density at radius 2 is 2.00 bits per heavy atom. The van der Waals surface area contributed by atoms with Crippen molar-refractivity contribution in [1.29, 1.82) is 0 Å². The summed E-state index contributed by atoms with van der Waals surface area (Å²) in [6.45, 7) is 5.67. The predicted octanol–water partition coefficient (Wildman–Crippen LogP) is 3.50. The Balaban J connectivity index is 2.96. The lowest BCUT2D eigenvalue weighted by molar-refractivity contribution is 0.472. The third-order valence-electron chi connectivity index (χ3n) is 2.54. The van der Waals surface area contributed by atoms with Gasteiger partial charge in [0.05, 0.1) is 0 Å². The van der Waals surface area contributed by atoms with E-state index < -0.39 is 0 Å². The van der Waals surface area contributed by atoms with Gasteiger partial charge in [-0.1, -0.05) is 36.9 Å². The van der Waals surface area contributed by atoms with Crippen LogP contribution in [0.5, 0.6) is 5.75 Å². The highest BCUT2D eigenvalue weighted by Gasteiger charge is 2.05. The lowest BCUT2D eigenvalue weighted by Gasteiger charge is -2.08. The van der Waals surface area contributed by atoms with Gasteiger partial charge in [0.15, 0.2) is 0 Å². The predicted molar refractivity (Wildman–Crippen MR) is 60.4 cm³/mol. The van der Waals surface area contributed by atoms with Gasteiger partial charge < -0.3 is 5.11 Å². The lowest BCUT2D eigenvalue weighted by atomic mass is 9.99. The minimum Gasteiger partial charge on any atom is -0.508 e. The molecule has 0 aliphatic carbocycles. The fraction of sp³-hybridized carbons (Fsp3) is 0.0769. The third-order valence-corrected chi connectivity index (χ3v) is 2.54. The number of fused-ring (bicyclic) bond motifs is 1. The number of aromatic hydroxyl groups is 1. The third kappa shape index (κ3) is 1.18. The van der Waals surface area contributed by atoms with E-state index in [1.54, 1.807) is 12.1 Å². The van der Waals surface area contributed by atoms with E-state index in [1.807, 2.05) is 31.2 Å². The number of rotatable bonds is 1. The zero-order valence-electron chi connectivity index (χ0n) is 8.12. The summed E-state index contributed by atoms with van der Waals surface area (Å²) < 4.78 is 0. The SMILES string of the molecule is C=Cc1c(C)c(O)cc2ccccc12. The molecule has 70 valence electrons. The van der Waals surface area contributed by atoms with Crippen molar-refractivity contribution in [2.75, 3.05) is 0 Å². The number of hydrogen-bond acceptors (Lipinski definition) is 1. The van der Waals surface area contributed by atoms with Gasteiger partial charge in [-0.05, 0) is 34.9 Å². The number of hydrogen-bond donors (Lipinski definition) is 1. The maximum Gasteiger partial charge on any atom is 0.119 e. The van der Waals surface area contributed by atoms with Crippen molar-refractivity contribution in [1.82, 2.24) is 0 Å². The average molecular weight is 184 g/mol. The molecule has 0 spiro atoms. The van der Waals surface area contributed by atoms with Crippen LogP contribution in [0.25, 0.3) is 16.8 Å². The highest BCUT2D eigenvalue weighted by Crippen LogP contribution is 2.29. The summed E-state index contributed by atoms with van der Waals surface area (Å²) in [5, 5.41) is 11.9. The van der Waals surface area contributed by atoms with Gasteiger partial charge in [-0.2, -0.15) is 0 Å². The molecular weight excluding hydrogens is 172 g/mol. The molecule has 0 saturated carbocycles. The van der Waals surface area contributed by atoms with Gasteiger partial charge in [-0.15, -0.1) is 0 Å². The first kappa shape index (κ1) is 8.82. The second-order valence-electron chi connectivity index (χ2n) is 3.36. The van der Waals surface area contributed by atoms with E-state index in [0.29, 0.717) is 5.75 Å². The molecule has 0 bridgehead atoms. The molecule has 0 radical (unpaired) electrons. The Morgan fingerprint density at radius 1 is 1.29 bits per heavy atom. The Morgan fingerprint density at radius 3 is 2.71 bits per heavy atom. The van der Waals surface area contributed by atoms with E-state index in [1.165, 1.54) is 0 Å². The molecule has 0 saturated heterocycles. The normalized spacial score (nSPS) is 10.4. The lowest BCUT2D eigenvalue weighted by Crippen LogP contribution is -1.84. The first-order valence-electron chi connectivity index (χ1n) is 4.58. The van der Waals surface area contributed by atoms with Gasteiger partial charge in [-0.3, -0.25) is 0 Å². The molecular formula is C13H12O. The van der Waals surface area contributed by atoms with Crippen molar-refractivity contribution in [2.45, 2.75) is 6.92 Å². The summed E-state index contributed by atoms with van der Waals surface area (Å²) in [6.07, 6.45) is 1.79. The van der Waals surface area contributed by atoms with Crippen LogP contribution in [-0.2, 0) is 0 Å². The van der Waals surface area contributed by atoms with Gasteiger partial charge in [0, 0.05) is 0 Å². The highest BCUT2D eigenvalue weighted by molar-refractivity contribution is 5.93. The summed E-state index contributed by atoms with van der Waals surface area (Å²) in [7, 11) is 0. The van der Waals surface area contributed by atoms with Crippen LogP contribution in [-0.4, -0.2) is 5.11 Å². The van der Waals surface area contributed by atoms with E-state index in [9.17, 15) is 5.11 Å². The van der Waals surface area contributed by atoms with Crippen LogP contribution >= 0.6 is 0 Å². The zero-order chi connectivity index (χ0) is 10.1. The van der Waals surface area contributed by atoms with Crippen LogP contribution in [0.15, 0.2) is 36.9 Å². The Bertz CT molecular complexity index is 498. The first-order chi connectivity index (χ1) is 6.74. The highest BCUT2D eigenvalue weighted by atomic mass is 16.3. The molecule has 2 aromatic carbocycles. The molecule has 0 aliphatic heterocycles. The van der Waals surface area contributed by atoms with Crippen molar-refractivity contribution in [2.24, 2.45) is 0 Å². The van der Waals surface area contributed by atoms with Crippen LogP contribution in [0.3, 0.4) is 0 Å². The molecule has 1 heteroatoms. The van der Waals surface area contributed by atoms with Gasteiger partial charge >= 0.3 is 0 Å². The summed E-state index contributed by atoms with van der Waals surface area (Å²) in [5.41, 5.74) is 1.90. The van der Waals surface area contributed by atoms with Crippen LogP contribution < -0.4 is 0 Å². The minimum absolute atomic E-state index is 0.332. The van der Waals surface area contributed by atoms with Gasteiger partial charge in [0.2, 0.25) is 0 Å². The fourth-order valence-corrected chi connectivity index (χ4v) is 1.73. The fourth-order valence-electron chi connectivity index (χ4n) is 1.73. The largest absolute Gasteiger partial charge is 0.508 e. The van der Waals surface area contributed by atoms with E-state index in [4.69, 9.17) is 0 Å². The smallest absolute Gasteiger partial charge is 0.119 e. The molecule has 2 rings (SSSR count). The van der Waals surface area contributed by atoms with Gasteiger partial charge in [-0.25, -0.2) is 0 Å². The molecule has 0 unspecified atom stereocenters. The number of benzene rings is 2. The summed E-state index contributed by atoms with van der Waals surface area (Å²) >= 11 is 0. The summed E-state index contributed by atoms with van der Waals surface area (Å²) in [5.74, 6) is 0.332. The molecule has 0 heterocycles. The van der Waals surface area contributed by atoms with E-state index in [0.717, 1.165) is 21.9 Å². The van der Waals surface area contributed by atoms with Crippen molar-refractivity contribution in [3.8, 4) is 5.75 Å². The maximum atomic E-state index is 9.68. The van der Waals surface area contributed by atoms with E-state index in [2.05, 4.69) is 6.58 Å². The van der Waals surface area contributed by atoms with Crippen molar-refractivity contribution in [3.05, 3.63) is 48.0 Å². The van der Waals surface area contributed by atoms with Crippen LogP contribution in [0.1, 0.15) is 11.1 Å². The molecule has 0 amide bonds. The van der Waals surface area contributed by atoms with E-state index >= 15 is 0 Å². The summed E-state index contributed by atoms with van der Waals surface area (Å²) in [4.78, 5) is 0. The molecule has 2 aromatic rings. The van der Waals surface area contributed by atoms with Crippen LogP contribution in [0.2, 0.25) is 0 Å². The minimum atomic E-state index is 0.332. The monoisotopic (exact) mass is 184 g/mol. The Labute approximate surface area is 83.3 Å². The van der Waals surface area contributed by atoms with Crippen molar-refractivity contribution in [3.63, 3.8) is 0 Å². The standard InChI is InChI=1S/C13H12O/c1-3-11-9(2)13(14)8-10-6-4-5-7-12(10)11/h3-8,14H,1H2,2H3. The number of phenolic OH excluding ortho intramolecular Hbond substituents is 1. The first-order valence-corrected chi connectivity index (χ1v) is 4.58. The molecule has 1 nitrogen and oxygen atoms in total. The molecule has 1 N–H and O–H groups in total. The van der Waals surface area contributed by atoms with Crippen molar-refractivity contribution < 1.29 is 5.11 Å². The van der Waals surface area contributed by atoms with Crippen LogP contribution in [0, 0.1) is 6.92 Å². The second kappa shape index (κ2) is 3.18. The molecule has 0 fully saturated rings. The molecule has 14 heavy (non-hydrogen) atoms. The summed E-state index contributed by atoms with van der Waals surface area (Å²) in [6, 6.07) is 9.77.